The fraction of sp³-hybridized carbons (Fsp3) is 0.769. The highest BCUT2D eigenvalue weighted by Crippen LogP contribution is 2.12. The molecule has 5 nitrogen and oxygen atoms in total. The molecule has 4 N–H and O–H groups in total. The van der Waals surface area contributed by atoms with Crippen LogP contribution in [0.5, 0.6) is 0 Å². The minimum Gasteiger partial charge on any atom is -0.396 e. The molecule has 0 aliphatic heterocycles. The first kappa shape index (κ1) is 15.1. The third kappa shape index (κ3) is 4.76. The predicted octanol–water partition coefficient (Wildman–Crippen LogP) is 1.05. The zero-order valence-corrected chi connectivity index (χ0v) is 11.3. The van der Waals surface area contributed by atoms with E-state index in [1.54, 1.807) is 0 Å². The zero-order chi connectivity index (χ0) is 13.2. The molecular weight excluding hydrogens is 228 g/mol. The van der Waals surface area contributed by atoms with Crippen molar-refractivity contribution in [2.24, 2.45) is 5.73 Å². The van der Waals surface area contributed by atoms with Crippen LogP contribution in [0.1, 0.15) is 44.3 Å². The summed E-state index contributed by atoms with van der Waals surface area (Å²) in [7, 11) is 0. The number of hydrogen-bond donors (Lipinski definition) is 3. The third-order valence-electron chi connectivity index (χ3n) is 3.03. The molecule has 5 heteroatoms. The molecule has 0 radical (unpaired) electrons. The average Bonchev–Trinajstić information content (AvgIpc) is 2.83. The molecule has 1 heterocycles. The first-order valence-electron chi connectivity index (χ1n) is 6.87. The molecule has 0 aliphatic rings. The highest BCUT2D eigenvalue weighted by atomic mass is 16.2. The molecule has 1 unspecified atom stereocenters. The van der Waals surface area contributed by atoms with Gasteiger partial charge < -0.3 is 20.7 Å². The Morgan fingerprint density at radius 1 is 1.44 bits per heavy atom. The number of aliphatic hydroxyl groups is 1. The number of hydrogen-bond acceptors (Lipinski definition) is 4. The van der Waals surface area contributed by atoms with Gasteiger partial charge in [0.25, 0.3) is 0 Å². The summed E-state index contributed by atoms with van der Waals surface area (Å²) in [5.41, 5.74) is 6.99. The lowest BCUT2D eigenvalue weighted by molar-refractivity contribution is 0.282. The largest absolute Gasteiger partial charge is 0.396 e. The summed E-state index contributed by atoms with van der Waals surface area (Å²) < 4.78 is 2.16. The molecule has 18 heavy (non-hydrogen) atoms. The van der Waals surface area contributed by atoms with Crippen molar-refractivity contribution in [2.75, 3.05) is 19.7 Å². The third-order valence-corrected chi connectivity index (χ3v) is 3.03. The predicted molar refractivity (Wildman–Crippen MR) is 73.3 cm³/mol. The Labute approximate surface area is 109 Å². The van der Waals surface area contributed by atoms with E-state index in [2.05, 4.69) is 21.8 Å². The van der Waals surface area contributed by atoms with Gasteiger partial charge in [-0.05, 0) is 32.2 Å². The Balaban J connectivity index is 2.41. The maximum absolute atomic E-state index is 8.71. The smallest absolute Gasteiger partial charge is 0.0948 e. The highest BCUT2D eigenvalue weighted by Gasteiger charge is 2.13. The van der Waals surface area contributed by atoms with Crippen LogP contribution in [-0.2, 0) is 6.54 Å². The van der Waals surface area contributed by atoms with Gasteiger partial charge in [-0.25, -0.2) is 4.98 Å². The van der Waals surface area contributed by atoms with Crippen LogP contribution >= 0.6 is 0 Å². The number of nitrogens with one attached hydrogen (secondary N) is 1. The molecule has 1 aromatic rings. The lowest BCUT2D eigenvalue weighted by Crippen LogP contribution is -2.30. The van der Waals surface area contributed by atoms with E-state index in [0.29, 0.717) is 6.54 Å². The van der Waals surface area contributed by atoms with Gasteiger partial charge in [-0.1, -0.05) is 6.92 Å². The fourth-order valence-corrected chi connectivity index (χ4v) is 2.05. The van der Waals surface area contributed by atoms with Crippen molar-refractivity contribution in [2.45, 2.75) is 45.2 Å². The summed E-state index contributed by atoms with van der Waals surface area (Å²) in [6, 6.07) is 0.174. The number of aliphatic hydroxyl groups excluding tert-OH is 1. The molecule has 0 bridgehead atoms. The number of rotatable bonds is 10. The van der Waals surface area contributed by atoms with Crippen LogP contribution in [0.4, 0.5) is 0 Å². The molecule has 0 aliphatic carbocycles. The van der Waals surface area contributed by atoms with Gasteiger partial charge in [0.05, 0.1) is 18.1 Å². The SMILES string of the molecule is CCCn1cncc1C(CN)NCCCCCO. The second kappa shape index (κ2) is 9.08. The van der Waals surface area contributed by atoms with Crippen LogP contribution in [-0.4, -0.2) is 34.4 Å². The quantitative estimate of drug-likeness (QED) is 0.545. The van der Waals surface area contributed by atoms with E-state index >= 15 is 0 Å². The zero-order valence-electron chi connectivity index (χ0n) is 11.3. The summed E-state index contributed by atoms with van der Waals surface area (Å²) in [6.07, 6.45) is 7.86. The van der Waals surface area contributed by atoms with Gasteiger partial charge in [-0.3, -0.25) is 0 Å². The summed E-state index contributed by atoms with van der Waals surface area (Å²) >= 11 is 0. The Kier molecular flexibility index (Phi) is 7.64. The highest BCUT2D eigenvalue weighted by molar-refractivity contribution is 5.06. The number of unbranched alkanes of at least 4 members (excludes halogenated alkanes) is 2. The maximum Gasteiger partial charge on any atom is 0.0948 e. The monoisotopic (exact) mass is 254 g/mol. The van der Waals surface area contributed by atoms with Crippen molar-refractivity contribution < 1.29 is 5.11 Å². The van der Waals surface area contributed by atoms with Crippen LogP contribution in [0.15, 0.2) is 12.5 Å². The van der Waals surface area contributed by atoms with Crippen LogP contribution in [0.25, 0.3) is 0 Å². The first-order valence-corrected chi connectivity index (χ1v) is 6.87. The summed E-state index contributed by atoms with van der Waals surface area (Å²) in [4.78, 5) is 4.20. The topological polar surface area (TPSA) is 76.1 Å². The van der Waals surface area contributed by atoms with Crippen LogP contribution in [0, 0.1) is 0 Å². The van der Waals surface area contributed by atoms with E-state index in [4.69, 9.17) is 10.8 Å². The van der Waals surface area contributed by atoms with E-state index in [-0.39, 0.29) is 12.6 Å². The minimum atomic E-state index is 0.174. The van der Waals surface area contributed by atoms with Gasteiger partial charge in [0, 0.05) is 25.9 Å². The lowest BCUT2D eigenvalue weighted by Gasteiger charge is -2.18. The Bertz CT molecular complexity index is 314. The van der Waals surface area contributed by atoms with Gasteiger partial charge in [-0.15, -0.1) is 0 Å². The number of aromatic nitrogens is 2. The van der Waals surface area contributed by atoms with Crippen molar-refractivity contribution in [1.29, 1.82) is 0 Å². The maximum atomic E-state index is 8.71. The normalized spacial score (nSPS) is 12.8. The molecule has 1 atom stereocenters. The van der Waals surface area contributed by atoms with E-state index in [0.717, 1.165) is 38.8 Å². The van der Waals surface area contributed by atoms with Gasteiger partial charge in [0.1, 0.15) is 0 Å². The van der Waals surface area contributed by atoms with Crippen LogP contribution < -0.4 is 11.1 Å². The van der Waals surface area contributed by atoms with Crippen molar-refractivity contribution in [3.63, 3.8) is 0 Å². The minimum absolute atomic E-state index is 0.174. The van der Waals surface area contributed by atoms with Crippen LogP contribution in [0.2, 0.25) is 0 Å². The number of aryl methyl sites for hydroxylation is 1. The molecule has 0 fully saturated rings. The molecular formula is C13H26N4O. The van der Waals surface area contributed by atoms with Crippen molar-refractivity contribution in [3.05, 3.63) is 18.2 Å². The van der Waals surface area contributed by atoms with Crippen molar-refractivity contribution >= 4 is 0 Å². The molecule has 0 aromatic carbocycles. The van der Waals surface area contributed by atoms with Crippen molar-refractivity contribution in [1.82, 2.24) is 14.9 Å². The molecule has 0 spiro atoms. The van der Waals surface area contributed by atoms with Gasteiger partial charge in [-0.2, -0.15) is 0 Å². The van der Waals surface area contributed by atoms with E-state index in [9.17, 15) is 0 Å². The van der Waals surface area contributed by atoms with E-state index in [1.807, 2.05) is 12.5 Å². The second-order valence-electron chi connectivity index (χ2n) is 4.54. The molecule has 1 rings (SSSR count). The average molecular weight is 254 g/mol. The van der Waals surface area contributed by atoms with E-state index < -0.39 is 0 Å². The summed E-state index contributed by atoms with van der Waals surface area (Å²) in [5, 5.41) is 12.2. The number of imidazole rings is 1. The molecule has 0 saturated carbocycles. The van der Waals surface area contributed by atoms with E-state index in [1.165, 1.54) is 5.69 Å². The van der Waals surface area contributed by atoms with Gasteiger partial charge >= 0.3 is 0 Å². The van der Waals surface area contributed by atoms with Gasteiger partial charge in [0.15, 0.2) is 0 Å². The number of nitrogens with two attached hydrogens (primary N) is 1. The molecule has 0 saturated heterocycles. The molecule has 104 valence electrons. The number of nitrogens with zero attached hydrogens (tertiary/aromatic N) is 2. The molecule has 0 amide bonds. The summed E-state index contributed by atoms with van der Waals surface area (Å²) in [5.74, 6) is 0. The Hall–Kier alpha value is -0.910. The lowest BCUT2D eigenvalue weighted by atomic mass is 10.2. The summed E-state index contributed by atoms with van der Waals surface area (Å²) in [6.45, 7) is 4.93. The van der Waals surface area contributed by atoms with Gasteiger partial charge in [0.2, 0.25) is 0 Å². The van der Waals surface area contributed by atoms with Crippen LogP contribution in [0.3, 0.4) is 0 Å². The second-order valence-corrected chi connectivity index (χ2v) is 4.54. The standard InChI is InChI=1S/C13H26N4O/c1-2-7-17-11-15-10-13(17)12(9-14)16-6-4-3-5-8-18/h10-12,16,18H,2-9,14H2,1H3. The Morgan fingerprint density at radius 3 is 2.94 bits per heavy atom. The molecule has 1 aromatic heterocycles. The van der Waals surface area contributed by atoms with Crippen molar-refractivity contribution in [3.8, 4) is 0 Å². The fourth-order valence-electron chi connectivity index (χ4n) is 2.05. The first-order chi connectivity index (χ1) is 8.83. The Morgan fingerprint density at radius 2 is 2.28 bits per heavy atom.